The number of rotatable bonds is 1. The third-order valence-electron chi connectivity index (χ3n) is 2.50. The lowest BCUT2D eigenvalue weighted by Gasteiger charge is -2.21. The summed E-state index contributed by atoms with van der Waals surface area (Å²) in [4.78, 5) is 11.3. The Morgan fingerprint density at radius 2 is 2.00 bits per heavy atom. The zero-order valence-electron chi connectivity index (χ0n) is 8.03. The minimum Gasteiger partial charge on any atom is -0.469 e. The van der Waals surface area contributed by atoms with Gasteiger partial charge in [-0.1, -0.05) is 12.2 Å². The maximum Gasteiger partial charge on any atom is 0.310 e. The van der Waals surface area contributed by atoms with E-state index in [9.17, 15) is 4.79 Å². The SMILES string of the molecule is COC(=O)[C@@H]1CCC=CCC[C@@H]1N. The van der Waals surface area contributed by atoms with Gasteiger partial charge in [0.25, 0.3) is 0 Å². The van der Waals surface area contributed by atoms with Crippen molar-refractivity contribution in [3.8, 4) is 0 Å². The third-order valence-corrected chi connectivity index (χ3v) is 2.50. The van der Waals surface area contributed by atoms with Crippen molar-refractivity contribution < 1.29 is 9.53 Å². The predicted octanol–water partition coefficient (Wildman–Crippen LogP) is 1.23. The van der Waals surface area contributed by atoms with E-state index in [-0.39, 0.29) is 17.9 Å². The maximum absolute atomic E-state index is 11.3. The summed E-state index contributed by atoms with van der Waals surface area (Å²) in [6, 6.07) is -0.0441. The van der Waals surface area contributed by atoms with Gasteiger partial charge in [0.15, 0.2) is 0 Å². The van der Waals surface area contributed by atoms with E-state index in [4.69, 9.17) is 10.5 Å². The normalized spacial score (nSPS) is 29.1. The van der Waals surface area contributed by atoms with Crippen LogP contribution in [0.1, 0.15) is 25.7 Å². The minimum absolute atomic E-state index is 0.0441. The molecule has 0 spiro atoms. The van der Waals surface area contributed by atoms with Crippen LogP contribution >= 0.6 is 0 Å². The maximum atomic E-state index is 11.3. The van der Waals surface area contributed by atoms with Crippen LogP contribution in [0.4, 0.5) is 0 Å². The summed E-state index contributed by atoms with van der Waals surface area (Å²) in [6.07, 6.45) is 7.82. The summed E-state index contributed by atoms with van der Waals surface area (Å²) < 4.78 is 4.71. The second-order valence-corrected chi connectivity index (χ2v) is 3.42. The van der Waals surface area contributed by atoms with Crippen LogP contribution in [0.5, 0.6) is 0 Å². The quantitative estimate of drug-likeness (QED) is 0.491. The first-order chi connectivity index (χ1) is 6.25. The number of carbonyl (C=O) groups is 1. The molecule has 0 bridgehead atoms. The molecule has 0 saturated carbocycles. The van der Waals surface area contributed by atoms with Crippen LogP contribution < -0.4 is 5.73 Å². The van der Waals surface area contributed by atoms with E-state index in [2.05, 4.69) is 12.2 Å². The van der Waals surface area contributed by atoms with E-state index in [0.29, 0.717) is 0 Å². The number of ether oxygens (including phenoxy) is 1. The van der Waals surface area contributed by atoms with Gasteiger partial charge in [0.05, 0.1) is 13.0 Å². The minimum atomic E-state index is -0.164. The monoisotopic (exact) mass is 183 g/mol. The van der Waals surface area contributed by atoms with Crippen molar-refractivity contribution in [3.63, 3.8) is 0 Å². The van der Waals surface area contributed by atoms with Gasteiger partial charge in [-0.3, -0.25) is 4.79 Å². The Hall–Kier alpha value is -0.830. The first kappa shape index (κ1) is 10.3. The summed E-state index contributed by atoms with van der Waals surface area (Å²) in [6.45, 7) is 0. The lowest BCUT2D eigenvalue weighted by Crippen LogP contribution is -2.36. The second kappa shape index (κ2) is 5.02. The molecule has 1 aliphatic carbocycles. The molecule has 13 heavy (non-hydrogen) atoms. The average molecular weight is 183 g/mol. The first-order valence-electron chi connectivity index (χ1n) is 4.74. The van der Waals surface area contributed by atoms with Gasteiger partial charge < -0.3 is 10.5 Å². The van der Waals surface area contributed by atoms with Crippen LogP contribution in [0, 0.1) is 5.92 Å². The molecule has 0 aliphatic heterocycles. The molecule has 1 rings (SSSR count). The van der Waals surface area contributed by atoms with Crippen LogP contribution in [-0.4, -0.2) is 19.1 Å². The van der Waals surface area contributed by atoms with Crippen molar-refractivity contribution in [1.29, 1.82) is 0 Å². The number of hydrogen-bond donors (Lipinski definition) is 1. The summed E-state index contributed by atoms with van der Waals surface area (Å²) in [5, 5.41) is 0. The van der Waals surface area contributed by atoms with Gasteiger partial charge in [-0.15, -0.1) is 0 Å². The molecule has 0 aromatic rings. The van der Waals surface area contributed by atoms with Crippen LogP contribution in [0.2, 0.25) is 0 Å². The highest BCUT2D eigenvalue weighted by atomic mass is 16.5. The lowest BCUT2D eigenvalue weighted by molar-refractivity contribution is -0.146. The Labute approximate surface area is 78.9 Å². The van der Waals surface area contributed by atoms with E-state index in [1.807, 2.05) is 0 Å². The summed E-state index contributed by atoms with van der Waals surface area (Å²) in [5.41, 5.74) is 5.89. The molecular weight excluding hydrogens is 166 g/mol. The van der Waals surface area contributed by atoms with Crippen molar-refractivity contribution in [2.24, 2.45) is 11.7 Å². The van der Waals surface area contributed by atoms with Crippen molar-refractivity contribution in [2.45, 2.75) is 31.7 Å². The lowest BCUT2D eigenvalue weighted by atomic mass is 9.90. The molecule has 2 N–H and O–H groups in total. The molecule has 2 atom stereocenters. The predicted molar refractivity (Wildman–Crippen MR) is 51.1 cm³/mol. The Morgan fingerprint density at radius 1 is 1.38 bits per heavy atom. The fraction of sp³-hybridized carbons (Fsp3) is 0.700. The van der Waals surface area contributed by atoms with E-state index >= 15 is 0 Å². The fourth-order valence-corrected chi connectivity index (χ4v) is 1.66. The summed E-state index contributed by atoms with van der Waals surface area (Å²) in [5.74, 6) is -0.280. The van der Waals surface area contributed by atoms with Gasteiger partial charge in [0.2, 0.25) is 0 Å². The molecule has 0 aromatic heterocycles. The highest BCUT2D eigenvalue weighted by Crippen LogP contribution is 2.18. The van der Waals surface area contributed by atoms with Gasteiger partial charge in [-0.25, -0.2) is 0 Å². The smallest absolute Gasteiger partial charge is 0.310 e. The molecular formula is C10H17NO2. The number of esters is 1. The molecule has 1 aliphatic rings. The highest BCUT2D eigenvalue weighted by Gasteiger charge is 2.25. The van der Waals surface area contributed by atoms with Crippen molar-refractivity contribution in [1.82, 2.24) is 0 Å². The Morgan fingerprint density at radius 3 is 2.62 bits per heavy atom. The van der Waals surface area contributed by atoms with Crippen molar-refractivity contribution in [2.75, 3.05) is 7.11 Å². The van der Waals surface area contributed by atoms with Gasteiger partial charge in [-0.2, -0.15) is 0 Å². The zero-order valence-corrected chi connectivity index (χ0v) is 8.03. The van der Waals surface area contributed by atoms with Gasteiger partial charge >= 0.3 is 5.97 Å². The molecule has 0 radical (unpaired) electrons. The number of methoxy groups -OCH3 is 1. The topological polar surface area (TPSA) is 52.3 Å². The van der Waals surface area contributed by atoms with Gasteiger partial charge in [-0.05, 0) is 25.7 Å². The molecule has 0 saturated heterocycles. The zero-order chi connectivity index (χ0) is 9.68. The average Bonchev–Trinajstić information content (AvgIpc) is 2.11. The fourth-order valence-electron chi connectivity index (χ4n) is 1.66. The van der Waals surface area contributed by atoms with E-state index < -0.39 is 0 Å². The second-order valence-electron chi connectivity index (χ2n) is 3.42. The van der Waals surface area contributed by atoms with Crippen LogP contribution in [-0.2, 0) is 9.53 Å². The standard InChI is InChI=1S/C10H17NO2/c1-13-10(12)8-6-4-2-3-5-7-9(8)11/h2-3,8-9H,4-7,11H2,1H3/t8-,9+/m1/s1. The number of allylic oxidation sites excluding steroid dienone is 2. The molecule has 0 fully saturated rings. The Bertz CT molecular complexity index is 201. The van der Waals surface area contributed by atoms with Crippen LogP contribution in [0.3, 0.4) is 0 Å². The molecule has 0 amide bonds. The first-order valence-corrected chi connectivity index (χ1v) is 4.74. The molecule has 3 nitrogen and oxygen atoms in total. The van der Waals surface area contributed by atoms with E-state index in [0.717, 1.165) is 25.7 Å². The summed E-state index contributed by atoms with van der Waals surface area (Å²) >= 11 is 0. The highest BCUT2D eigenvalue weighted by molar-refractivity contribution is 5.73. The third kappa shape index (κ3) is 2.84. The van der Waals surface area contributed by atoms with Crippen LogP contribution in [0.25, 0.3) is 0 Å². The van der Waals surface area contributed by atoms with Gasteiger partial charge in [0.1, 0.15) is 0 Å². The molecule has 74 valence electrons. The van der Waals surface area contributed by atoms with E-state index in [1.54, 1.807) is 0 Å². The summed E-state index contributed by atoms with van der Waals surface area (Å²) in [7, 11) is 1.42. The largest absolute Gasteiger partial charge is 0.469 e. The number of hydrogen-bond acceptors (Lipinski definition) is 3. The van der Waals surface area contributed by atoms with Crippen molar-refractivity contribution in [3.05, 3.63) is 12.2 Å². The molecule has 3 heteroatoms. The Kier molecular flexibility index (Phi) is 3.96. The van der Waals surface area contributed by atoms with Crippen LogP contribution in [0.15, 0.2) is 12.2 Å². The molecule has 0 unspecified atom stereocenters. The molecule has 0 heterocycles. The molecule has 0 aromatic carbocycles. The number of nitrogens with two attached hydrogens (primary N) is 1. The Balaban J connectivity index is 2.58. The number of carbonyl (C=O) groups excluding carboxylic acids is 1. The van der Waals surface area contributed by atoms with Crippen molar-refractivity contribution >= 4 is 5.97 Å². The van der Waals surface area contributed by atoms with Gasteiger partial charge in [0, 0.05) is 6.04 Å². The van der Waals surface area contributed by atoms with E-state index in [1.165, 1.54) is 7.11 Å².